The number of Topliss-reactive ketones (excluding diaryl/α,β-unsaturated/α-hetero) is 1. The molecule has 0 saturated heterocycles. The number of carbonyl (C=O) groups is 1. The van der Waals surface area contributed by atoms with Crippen molar-refractivity contribution in [3.8, 4) is 0 Å². The van der Waals surface area contributed by atoms with Crippen LogP contribution in [0.3, 0.4) is 0 Å². The lowest BCUT2D eigenvalue weighted by molar-refractivity contribution is -0.117. The summed E-state index contributed by atoms with van der Waals surface area (Å²) in [5.41, 5.74) is 0.0375. The Labute approximate surface area is 115 Å². The van der Waals surface area contributed by atoms with Crippen molar-refractivity contribution in [1.29, 1.82) is 0 Å². The van der Waals surface area contributed by atoms with E-state index in [1.54, 1.807) is 0 Å². The summed E-state index contributed by atoms with van der Waals surface area (Å²) in [6, 6.07) is 0. The van der Waals surface area contributed by atoms with E-state index in [0.29, 0.717) is 43.5 Å². The SMILES string of the molecule is CCn1c(=O)n(CCCCC(C)=O)c(=O)c2[nH]cnc21. The number of aromatic nitrogens is 4. The summed E-state index contributed by atoms with van der Waals surface area (Å²) < 4.78 is 2.68. The lowest BCUT2D eigenvalue weighted by Gasteiger charge is -2.09. The molecule has 2 aromatic rings. The molecule has 2 rings (SSSR count). The highest BCUT2D eigenvalue weighted by Gasteiger charge is 2.13. The number of H-pyrrole nitrogens is 1. The highest BCUT2D eigenvalue weighted by molar-refractivity contribution is 5.75. The molecule has 0 atom stereocenters. The average Bonchev–Trinajstić information content (AvgIpc) is 2.87. The van der Waals surface area contributed by atoms with Crippen molar-refractivity contribution in [2.24, 2.45) is 0 Å². The minimum Gasteiger partial charge on any atom is -0.339 e. The van der Waals surface area contributed by atoms with Crippen LogP contribution in [-0.2, 0) is 17.9 Å². The predicted molar refractivity (Wildman–Crippen MR) is 74.8 cm³/mol. The number of hydrogen-bond acceptors (Lipinski definition) is 4. The van der Waals surface area contributed by atoms with Crippen LogP contribution in [0.4, 0.5) is 0 Å². The van der Waals surface area contributed by atoms with E-state index in [1.165, 1.54) is 22.4 Å². The van der Waals surface area contributed by atoms with Gasteiger partial charge in [0.05, 0.1) is 6.33 Å². The second kappa shape index (κ2) is 5.85. The van der Waals surface area contributed by atoms with Crippen molar-refractivity contribution < 1.29 is 4.79 Å². The first-order chi connectivity index (χ1) is 9.56. The van der Waals surface area contributed by atoms with Crippen LogP contribution in [0.2, 0.25) is 0 Å². The van der Waals surface area contributed by atoms with E-state index in [-0.39, 0.29) is 17.0 Å². The standard InChI is InChI=1S/C13H18N4O3/c1-3-16-11-10(14-8-15-11)12(19)17(13(16)20)7-5-4-6-9(2)18/h8H,3-7H2,1-2H3,(H,14,15). The fourth-order valence-electron chi connectivity index (χ4n) is 2.23. The fourth-order valence-corrected chi connectivity index (χ4v) is 2.23. The molecule has 1 N–H and O–H groups in total. The second-order valence-corrected chi connectivity index (χ2v) is 4.74. The zero-order chi connectivity index (χ0) is 14.7. The first kappa shape index (κ1) is 14.2. The van der Waals surface area contributed by atoms with Crippen molar-refractivity contribution in [1.82, 2.24) is 19.1 Å². The highest BCUT2D eigenvalue weighted by atomic mass is 16.2. The van der Waals surface area contributed by atoms with Crippen LogP contribution >= 0.6 is 0 Å². The number of hydrogen-bond donors (Lipinski definition) is 1. The van der Waals surface area contributed by atoms with Gasteiger partial charge < -0.3 is 9.78 Å². The summed E-state index contributed by atoms with van der Waals surface area (Å²) in [5.74, 6) is 0.118. The molecule has 0 aliphatic carbocycles. The summed E-state index contributed by atoms with van der Waals surface area (Å²) >= 11 is 0. The first-order valence-electron chi connectivity index (χ1n) is 6.72. The molecule has 0 saturated carbocycles. The largest absolute Gasteiger partial charge is 0.339 e. The van der Waals surface area contributed by atoms with Crippen LogP contribution in [-0.4, -0.2) is 24.9 Å². The molecule has 7 nitrogen and oxygen atoms in total. The zero-order valence-corrected chi connectivity index (χ0v) is 11.7. The molecule has 20 heavy (non-hydrogen) atoms. The Morgan fingerprint density at radius 3 is 2.70 bits per heavy atom. The maximum absolute atomic E-state index is 12.3. The molecular formula is C13H18N4O3. The van der Waals surface area contributed by atoms with Gasteiger partial charge in [-0.25, -0.2) is 9.78 Å². The molecule has 7 heteroatoms. The van der Waals surface area contributed by atoms with Crippen molar-refractivity contribution >= 4 is 16.9 Å². The summed E-state index contributed by atoms with van der Waals surface area (Å²) in [6.07, 6.45) is 3.19. The highest BCUT2D eigenvalue weighted by Crippen LogP contribution is 2.02. The predicted octanol–water partition coefficient (Wildman–Crippen LogP) is 0.665. The number of carbonyl (C=O) groups excluding carboxylic acids is 1. The van der Waals surface area contributed by atoms with Crippen LogP contribution in [0.25, 0.3) is 11.2 Å². The van der Waals surface area contributed by atoms with Gasteiger partial charge in [-0.15, -0.1) is 0 Å². The van der Waals surface area contributed by atoms with Crippen molar-refractivity contribution in [3.63, 3.8) is 0 Å². The van der Waals surface area contributed by atoms with Crippen LogP contribution in [0.1, 0.15) is 33.1 Å². The number of ketones is 1. The smallest absolute Gasteiger partial charge is 0.332 e. The van der Waals surface area contributed by atoms with Gasteiger partial charge in [0, 0.05) is 19.5 Å². The Morgan fingerprint density at radius 2 is 2.05 bits per heavy atom. The van der Waals surface area contributed by atoms with Gasteiger partial charge in [-0.1, -0.05) is 0 Å². The molecule has 0 unspecified atom stereocenters. The van der Waals surface area contributed by atoms with Gasteiger partial charge in [-0.3, -0.25) is 13.9 Å². The molecule has 0 radical (unpaired) electrons. The van der Waals surface area contributed by atoms with E-state index < -0.39 is 0 Å². The fraction of sp³-hybridized carbons (Fsp3) is 0.538. The summed E-state index contributed by atoms with van der Waals surface area (Å²) in [7, 11) is 0. The zero-order valence-electron chi connectivity index (χ0n) is 11.7. The van der Waals surface area contributed by atoms with Gasteiger partial charge >= 0.3 is 5.69 Å². The van der Waals surface area contributed by atoms with E-state index in [0.717, 1.165) is 0 Å². The van der Waals surface area contributed by atoms with Crippen LogP contribution in [0, 0.1) is 0 Å². The van der Waals surface area contributed by atoms with Crippen molar-refractivity contribution in [2.75, 3.05) is 0 Å². The van der Waals surface area contributed by atoms with Gasteiger partial charge in [-0.2, -0.15) is 0 Å². The van der Waals surface area contributed by atoms with E-state index in [1.807, 2.05) is 6.92 Å². The van der Waals surface area contributed by atoms with Crippen LogP contribution in [0.5, 0.6) is 0 Å². The Kier molecular flexibility index (Phi) is 4.16. The maximum Gasteiger partial charge on any atom is 0.332 e. The summed E-state index contributed by atoms with van der Waals surface area (Å²) in [4.78, 5) is 42.2. The first-order valence-corrected chi connectivity index (χ1v) is 6.72. The van der Waals surface area contributed by atoms with Crippen molar-refractivity contribution in [3.05, 3.63) is 27.2 Å². The van der Waals surface area contributed by atoms with Gasteiger partial charge in [-0.05, 0) is 26.7 Å². The minimum absolute atomic E-state index is 0.118. The number of aromatic amines is 1. The Balaban J connectivity index is 2.35. The molecule has 0 bridgehead atoms. The van der Waals surface area contributed by atoms with Gasteiger partial charge in [0.25, 0.3) is 5.56 Å². The molecule has 0 aliphatic rings. The monoisotopic (exact) mass is 278 g/mol. The third-order valence-corrected chi connectivity index (χ3v) is 3.27. The number of nitrogens with zero attached hydrogens (tertiary/aromatic N) is 3. The molecule has 0 aliphatic heterocycles. The Hall–Kier alpha value is -2.18. The van der Waals surface area contributed by atoms with E-state index in [9.17, 15) is 14.4 Å². The molecule has 0 aromatic carbocycles. The summed E-state index contributed by atoms with van der Waals surface area (Å²) in [6.45, 7) is 4.14. The Morgan fingerprint density at radius 1 is 1.30 bits per heavy atom. The molecule has 0 spiro atoms. The third kappa shape index (κ3) is 2.56. The molecule has 2 heterocycles. The quantitative estimate of drug-likeness (QED) is 0.786. The number of imidazole rings is 1. The van der Waals surface area contributed by atoms with Crippen LogP contribution in [0.15, 0.2) is 15.9 Å². The number of unbranched alkanes of at least 4 members (excludes halogenated alkanes) is 1. The minimum atomic E-state index is -0.352. The molecule has 0 fully saturated rings. The number of aryl methyl sites for hydroxylation is 1. The Bertz CT molecular complexity index is 738. The van der Waals surface area contributed by atoms with E-state index in [2.05, 4.69) is 9.97 Å². The van der Waals surface area contributed by atoms with Crippen LogP contribution < -0.4 is 11.2 Å². The molecule has 108 valence electrons. The van der Waals surface area contributed by atoms with Gasteiger partial charge in [0.2, 0.25) is 0 Å². The number of fused-ring (bicyclic) bond motifs is 1. The van der Waals surface area contributed by atoms with E-state index >= 15 is 0 Å². The van der Waals surface area contributed by atoms with Gasteiger partial charge in [0.15, 0.2) is 5.65 Å². The molecule has 0 amide bonds. The van der Waals surface area contributed by atoms with Crippen molar-refractivity contribution in [2.45, 2.75) is 46.2 Å². The normalized spacial score (nSPS) is 11.1. The molecular weight excluding hydrogens is 260 g/mol. The maximum atomic E-state index is 12.3. The number of rotatable bonds is 6. The third-order valence-electron chi connectivity index (χ3n) is 3.27. The average molecular weight is 278 g/mol. The lowest BCUT2D eigenvalue weighted by Crippen LogP contribution is -2.40. The lowest BCUT2D eigenvalue weighted by atomic mass is 10.2. The summed E-state index contributed by atoms with van der Waals surface area (Å²) in [5, 5.41) is 0. The van der Waals surface area contributed by atoms with Gasteiger partial charge in [0.1, 0.15) is 11.3 Å². The molecule has 2 aromatic heterocycles. The second-order valence-electron chi connectivity index (χ2n) is 4.74. The number of nitrogens with one attached hydrogen (secondary N) is 1. The van der Waals surface area contributed by atoms with E-state index in [4.69, 9.17) is 0 Å². The topological polar surface area (TPSA) is 89.8 Å².